The summed E-state index contributed by atoms with van der Waals surface area (Å²) in [6.45, 7) is 2.23. The fourth-order valence-corrected chi connectivity index (χ4v) is 1.82. The lowest BCUT2D eigenvalue weighted by Gasteiger charge is -2.10. The highest BCUT2D eigenvalue weighted by Crippen LogP contribution is 2.33. The second-order valence-electron chi connectivity index (χ2n) is 3.90. The topological polar surface area (TPSA) is 35.0 Å². The maximum absolute atomic E-state index is 12.7. The molecule has 0 saturated carbocycles. The average Bonchev–Trinajstić information content (AvgIpc) is 2.38. The van der Waals surface area contributed by atoms with Crippen molar-refractivity contribution in [1.29, 1.82) is 0 Å². The van der Waals surface area contributed by atoms with Gasteiger partial charge in [0.05, 0.1) is 24.1 Å². The van der Waals surface area contributed by atoms with Crippen LogP contribution in [-0.2, 0) is 6.18 Å². The highest BCUT2D eigenvalue weighted by molar-refractivity contribution is 6.29. The van der Waals surface area contributed by atoms with Crippen LogP contribution >= 0.6 is 11.6 Å². The van der Waals surface area contributed by atoms with Gasteiger partial charge in [-0.25, -0.2) is 4.98 Å². The molecule has 2 aromatic heterocycles. The van der Waals surface area contributed by atoms with Gasteiger partial charge in [0, 0.05) is 11.8 Å². The zero-order valence-electron chi connectivity index (χ0n) is 10.4. The van der Waals surface area contributed by atoms with Gasteiger partial charge in [-0.1, -0.05) is 11.6 Å². The van der Waals surface area contributed by atoms with E-state index in [9.17, 15) is 13.2 Å². The first-order chi connectivity index (χ1) is 9.40. The summed E-state index contributed by atoms with van der Waals surface area (Å²) in [5.41, 5.74) is -0.350. The van der Waals surface area contributed by atoms with Crippen LogP contribution in [-0.4, -0.2) is 16.6 Å². The van der Waals surface area contributed by atoms with Gasteiger partial charge in [0.1, 0.15) is 10.9 Å². The molecule has 0 fully saturated rings. The molecule has 0 N–H and O–H groups in total. The van der Waals surface area contributed by atoms with Crippen molar-refractivity contribution in [1.82, 2.24) is 9.97 Å². The fourth-order valence-electron chi connectivity index (χ4n) is 1.61. The van der Waals surface area contributed by atoms with Crippen molar-refractivity contribution >= 4 is 11.6 Å². The minimum atomic E-state index is -4.48. The Labute approximate surface area is 118 Å². The van der Waals surface area contributed by atoms with Crippen LogP contribution in [0.25, 0.3) is 11.3 Å². The van der Waals surface area contributed by atoms with E-state index in [0.29, 0.717) is 17.9 Å². The first kappa shape index (κ1) is 14.6. The standard InChI is InChI=1S/C13H10ClF3N2O/c1-2-20-10-3-8(6-18-7-10)11-4-9(13(15,16)17)5-12(14)19-11/h3-7H,2H2,1H3. The molecule has 0 aromatic carbocycles. The third-order valence-corrected chi connectivity index (χ3v) is 2.63. The Hall–Kier alpha value is -1.82. The zero-order valence-corrected chi connectivity index (χ0v) is 11.2. The third kappa shape index (κ3) is 3.39. The van der Waals surface area contributed by atoms with Crippen molar-refractivity contribution in [2.45, 2.75) is 13.1 Å². The SMILES string of the molecule is CCOc1cncc(-c2cc(C(F)(F)F)cc(Cl)n2)c1. The minimum Gasteiger partial charge on any atom is -0.492 e. The van der Waals surface area contributed by atoms with E-state index in [4.69, 9.17) is 16.3 Å². The molecule has 2 heterocycles. The number of aromatic nitrogens is 2. The van der Waals surface area contributed by atoms with Crippen LogP contribution in [0, 0.1) is 0 Å². The third-order valence-electron chi connectivity index (χ3n) is 2.44. The Bertz CT molecular complexity index is 617. The Balaban J connectivity index is 2.47. The maximum atomic E-state index is 12.7. The molecule has 0 aliphatic rings. The van der Waals surface area contributed by atoms with Crippen molar-refractivity contribution in [2.24, 2.45) is 0 Å². The minimum absolute atomic E-state index is 0.0962. The van der Waals surface area contributed by atoms with Crippen molar-refractivity contribution in [2.75, 3.05) is 6.61 Å². The van der Waals surface area contributed by atoms with Gasteiger partial charge in [0.2, 0.25) is 0 Å². The lowest BCUT2D eigenvalue weighted by molar-refractivity contribution is -0.137. The van der Waals surface area contributed by atoms with Gasteiger partial charge in [-0.05, 0) is 25.1 Å². The number of ether oxygens (including phenoxy) is 1. The van der Waals surface area contributed by atoms with Crippen molar-refractivity contribution in [3.63, 3.8) is 0 Å². The molecule has 2 aromatic rings. The summed E-state index contributed by atoms with van der Waals surface area (Å²) < 4.78 is 43.5. The van der Waals surface area contributed by atoms with Crippen molar-refractivity contribution in [3.8, 4) is 17.0 Å². The summed E-state index contributed by atoms with van der Waals surface area (Å²) in [6, 6.07) is 3.28. The maximum Gasteiger partial charge on any atom is 0.416 e. The molecule has 20 heavy (non-hydrogen) atoms. The van der Waals surface area contributed by atoms with E-state index in [0.717, 1.165) is 12.1 Å². The van der Waals surface area contributed by atoms with E-state index < -0.39 is 11.7 Å². The number of hydrogen-bond acceptors (Lipinski definition) is 3. The number of pyridine rings is 2. The van der Waals surface area contributed by atoms with Gasteiger partial charge >= 0.3 is 6.18 Å². The Kier molecular flexibility index (Phi) is 4.13. The molecule has 0 spiro atoms. The predicted octanol–water partition coefficient (Wildman–Crippen LogP) is 4.21. The molecule has 0 bridgehead atoms. The molecule has 7 heteroatoms. The Morgan fingerprint density at radius 1 is 1.20 bits per heavy atom. The molecule has 3 nitrogen and oxygen atoms in total. The van der Waals surface area contributed by atoms with E-state index in [2.05, 4.69) is 9.97 Å². The van der Waals surface area contributed by atoms with Crippen LogP contribution in [0.3, 0.4) is 0 Å². The number of alkyl halides is 3. The fraction of sp³-hybridized carbons (Fsp3) is 0.231. The van der Waals surface area contributed by atoms with Gasteiger partial charge in [-0.2, -0.15) is 13.2 Å². The molecule has 0 aliphatic heterocycles. The summed E-state index contributed by atoms with van der Waals surface area (Å²) in [4.78, 5) is 7.80. The van der Waals surface area contributed by atoms with E-state index in [-0.39, 0.29) is 10.8 Å². The molecule has 106 valence electrons. The Morgan fingerprint density at radius 3 is 2.60 bits per heavy atom. The largest absolute Gasteiger partial charge is 0.492 e. The molecular weight excluding hydrogens is 293 g/mol. The van der Waals surface area contributed by atoms with Crippen LogP contribution in [0.2, 0.25) is 5.15 Å². The molecule has 0 amide bonds. The van der Waals surface area contributed by atoms with Gasteiger partial charge in [0.15, 0.2) is 0 Å². The van der Waals surface area contributed by atoms with Crippen molar-refractivity contribution < 1.29 is 17.9 Å². The first-order valence-electron chi connectivity index (χ1n) is 5.73. The number of nitrogens with zero attached hydrogens (tertiary/aromatic N) is 2. The van der Waals surface area contributed by atoms with Gasteiger partial charge in [0.25, 0.3) is 0 Å². The van der Waals surface area contributed by atoms with E-state index in [1.165, 1.54) is 12.4 Å². The highest BCUT2D eigenvalue weighted by Gasteiger charge is 2.31. The quantitative estimate of drug-likeness (QED) is 0.796. The van der Waals surface area contributed by atoms with Gasteiger partial charge in [-0.3, -0.25) is 4.98 Å². The number of halogens is 4. The van der Waals surface area contributed by atoms with E-state index in [1.54, 1.807) is 13.0 Å². The molecule has 0 radical (unpaired) electrons. The summed E-state index contributed by atoms with van der Waals surface area (Å²) in [7, 11) is 0. The molecule has 0 atom stereocenters. The van der Waals surface area contributed by atoms with Crippen molar-refractivity contribution in [3.05, 3.63) is 41.3 Å². The smallest absolute Gasteiger partial charge is 0.416 e. The summed E-state index contributed by atoms with van der Waals surface area (Å²) in [5, 5.41) is -0.225. The van der Waals surface area contributed by atoms with Crippen LogP contribution in [0.4, 0.5) is 13.2 Å². The first-order valence-corrected chi connectivity index (χ1v) is 6.11. The summed E-state index contributed by atoms with van der Waals surface area (Å²) in [6.07, 6.45) is -1.60. The van der Waals surface area contributed by atoms with Crippen LogP contribution in [0.15, 0.2) is 30.6 Å². The second-order valence-corrected chi connectivity index (χ2v) is 4.29. The molecule has 0 unspecified atom stereocenters. The molecule has 0 aliphatic carbocycles. The van der Waals surface area contributed by atoms with Crippen LogP contribution < -0.4 is 4.74 Å². The monoisotopic (exact) mass is 302 g/mol. The summed E-state index contributed by atoms with van der Waals surface area (Å²) in [5.74, 6) is 0.459. The number of rotatable bonds is 3. The van der Waals surface area contributed by atoms with Crippen LogP contribution in [0.5, 0.6) is 5.75 Å². The molecule has 2 rings (SSSR count). The normalized spacial score (nSPS) is 11.4. The molecule has 0 saturated heterocycles. The average molecular weight is 303 g/mol. The highest BCUT2D eigenvalue weighted by atomic mass is 35.5. The summed E-state index contributed by atoms with van der Waals surface area (Å²) >= 11 is 5.64. The Morgan fingerprint density at radius 2 is 1.95 bits per heavy atom. The van der Waals surface area contributed by atoms with Gasteiger partial charge < -0.3 is 4.74 Å². The van der Waals surface area contributed by atoms with Crippen LogP contribution in [0.1, 0.15) is 12.5 Å². The number of hydrogen-bond donors (Lipinski definition) is 0. The van der Waals surface area contributed by atoms with E-state index in [1.807, 2.05) is 0 Å². The second kappa shape index (κ2) is 5.66. The lowest BCUT2D eigenvalue weighted by Crippen LogP contribution is -2.06. The lowest BCUT2D eigenvalue weighted by atomic mass is 10.1. The molecular formula is C13H10ClF3N2O. The van der Waals surface area contributed by atoms with Gasteiger partial charge in [-0.15, -0.1) is 0 Å². The zero-order chi connectivity index (χ0) is 14.8. The van der Waals surface area contributed by atoms with E-state index >= 15 is 0 Å². The predicted molar refractivity (Wildman–Crippen MR) is 68.6 cm³/mol.